The van der Waals surface area contributed by atoms with Gasteiger partial charge in [0, 0.05) is 18.5 Å². The van der Waals surface area contributed by atoms with Crippen LogP contribution in [0, 0.1) is 5.92 Å². The highest BCUT2D eigenvalue weighted by Crippen LogP contribution is 2.23. The standard InChI is InChI=1S/C17H25ClN2O2/c1-4-5-6-16(21)20-15-11-13(7-8-14(15)18)17(22)19-10-9-12(2)3/h7-8,11-12H,4-6,9-10H2,1-3H3,(H,19,22)(H,20,21). The molecular formula is C17H25ClN2O2. The monoisotopic (exact) mass is 324 g/mol. The van der Waals surface area contributed by atoms with Gasteiger partial charge in [-0.2, -0.15) is 0 Å². The Labute approximate surface area is 137 Å². The van der Waals surface area contributed by atoms with Gasteiger partial charge in [0.2, 0.25) is 5.91 Å². The third-order valence-corrected chi connectivity index (χ3v) is 3.60. The van der Waals surface area contributed by atoms with Crippen molar-refractivity contribution < 1.29 is 9.59 Å². The molecule has 1 rings (SSSR count). The minimum atomic E-state index is -0.152. The first-order chi connectivity index (χ1) is 10.4. The van der Waals surface area contributed by atoms with Crippen molar-refractivity contribution in [1.29, 1.82) is 0 Å². The molecule has 1 aromatic rings. The van der Waals surface area contributed by atoms with Crippen LogP contribution in [0.4, 0.5) is 5.69 Å². The summed E-state index contributed by atoms with van der Waals surface area (Å²) in [5.41, 5.74) is 0.984. The van der Waals surface area contributed by atoms with E-state index in [9.17, 15) is 9.59 Å². The van der Waals surface area contributed by atoms with Crippen molar-refractivity contribution in [2.45, 2.75) is 46.5 Å². The van der Waals surface area contributed by atoms with Crippen LogP contribution in [0.25, 0.3) is 0 Å². The molecule has 0 heterocycles. The summed E-state index contributed by atoms with van der Waals surface area (Å²) in [6, 6.07) is 4.92. The van der Waals surface area contributed by atoms with Gasteiger partial charge in [0.05, 0.1) is 10.7 Å². The highest BCUT2D eigenvalue weighted by molar-refractivity contribution is 6.33. The zero-order valence-electron chi connectivity index (χ0n) is 13.5. The van der Waals surface area contributed by atoms with Crippen LogP contribution in [-0.4, -0.2) is 18.4 Å². The van der Waals surface area contributed by atoms with Gasteiger partial charge in [0.15, 0.2) is 0 Å². The summed E-state index contributed by atoms with van der Waals surface area (Å²) < 4.78 is 0. The summed E-state index contributed by atoms with van der Waals surface area (Å²) in [5, 5.41) is 6.07. The summed E-state index contributed by atoms with van der Waals surface area (Å²) in [6.45, 7) is 6.89. The van der Waals surface area contributed by atoms with Crippen LogP contribution in [0.2, 0.25) is 5.02 Å². The van der Waals surface area contributed by atoms with Crippen LogP contribution in [0.1, 0.15) is 56.8 Å². The second kappa shape index (κ2) is 9.46. The third kappa shape index (κ3) is 6.48. The van der Waals surface area contributed by atoms with Crippen LogP contribution in [0.15, 0.2) is 18.2 Å². The Morgan fingerprint density at radius 3 is 2.64 bits per heavy atom. The average Bonchev–Trinajstić information content (AvgIpc) is 2.46. The molecule has 0 saturated heterocycles. The number of rotatable bonds is 8. The van der Waals surface area contributed by atoms with Gasteiger partial charge in [0.25, 0.3) is 5.91 Å². The molecule has 0 saturated carbocycles. The predicted octanol–water partition coefficient (Wildman–Crippen LogP) is 4.24. The molecule has 2 amide bonds. The fourth-order valence-corrected chi connectivity index (χ4v) is 2.05. The summed E-state index contributed by atoms with van der Waals surface area (Å²) >= 11 is 6.08. The molecule has 22 heavy (non-hydrogen) atoms. The number of benzene rings is 1. The van der Waals surface area contributed by atoms with Crippen molar-refractivity contribution in [3.8, 4) is 0 Å². The molecule has 0 aliphatic rings. The minimum absolute atomic E-state index is 0.0823. The van der Waals surface area contributed by atoms with Gasteiger partial charge in [-0.15, -0.1) is 0 Å². The quantitative estimate of drug-likeness (QED) is 0.751. The van der Waals surface area contributed by atoms with Gasteiger partial charge in [0.1, 0.15) is 0 Å². The van der Waals surface area contributed by atoms with E-state index in [1.165, 1.54) is 0 Å². The van der Waals surface area contributed by atoms with Crippen molar-refractivity contribution in [3.05, 3.63) is 28.8 Å². The molecule has 0 atom stereocenters. The van der Waals surface area contributed by atoms with Crippen molar-refractivity contribution in [2.24, 2.45) is 5.92 Å². The van der Waals surface area contributed by atoms with Gasteiger partial charge in [-0.05, 0) is 37.0 Å². The Bertz CT molecular complexity index is 515. The number of unbranched alkanes of at least 4 members (excludes halogenated alkanes) is 1. The smallest absolute Gasteiger partial charge is 0.251 e. The van der Waals surface area contributed by atoms with Gasteiger partial charge in [-0.3, -0.25) is 9.59 Å². The molecule has 0 aliphatic carbocycles. The molecule has 0 aliphatic heterocycles. The lowest BCUT2D eigenvalue weighted by molar-refractivity contribution is -0.116. The first-order valence-corrected chi connectivity index (χ1v) is 8.19. The van der Waals surface area contributed by atoms with E-state index in [2.05, 4.69) is 24.5 Å². The summed E-state index contributed by atoms with van der Waals surface area (Å²) in [6.07, 6.45) is 3.18. The van der Waals surface area contributed by atoms with E-state index >= 15 is 0 Å². The molecule has 0 aromatic heterocycles. The van der Waals surface area contributed by atoms with Gasteiger partial charge in [-0.25, -0.2) is 0 Å². The number of amides is 2. The Kier molecular flexibility index (Phi) is 7.96. The molecule has 1 aromatic carbocycles. The summed E-state index contributed by atoms with van der Waals surface area (Å²) in [4.78, 5) is 23.9. The summed E-state index contributed by atoms with van der Waals surface area (Å²) in [5.74, 6) is 0.307. The van der Waals surface area contributed by atoms with E-state index in [-0.39, 0.29) is 11.8 Å². The van der Waals surface area contributed by atoms with Crippen LogP contribution in [0.5, 0.6) is 0 Å². The lowest BCUT2D eigenvalue weighted by Gasteiger charge is -2.10. The van der Waals surface area contributed by atoms with E-state index in [1.807, 2.05) is 6.92 Å². The zero-order valence-corrected chi connectivity index (χ0v) is 14.3. The fourth-order valence-electron chi connectivity index (χ4n) is 1.89. The highest BCUT2D eigenvalue weighted by atomic mass is 35.5. The number of hydrogen-bond donors (Lipinski definition) is 2. The molecule has 0 spiro atoms. The molecule has 0 bridgehead atoms. The number of anilines is 1. The highest BCUT2D eigenvalue weighted by Gasteiger charge is 2.11. The lowest BCUT2D eigenvalue weighted by atomic mass is 10.1. The van der Waals surface area contributed by atoms with Crippen LogP contribution in [-0.2, 0) is 4.79 Å². The second-order valence-corrected chi connectivity index (χ2v) is 6.19. The van der Waals surface area contributed by atoms with Crippen LogP contribution < -0.4 is 10.6 Å². The van der Waals surface area contributed by atoms with E-state index < -0.39 is 0 Å². The molecular weight excluding hydrogens is 300 g/mol. The van der Waals surface area contributed by atoms with Gasteiger partial charge >= 0.3 is 0 Å². The molecule has 0 unspecified atom stereocenters. The second-order valence-electron chi connectivity index (χ2n) is 5.78. The first kappa shape index (κ1) is 18.5. The van der Waals surface area contributed by atoms with E-state index in [4.69, 9.17) is 11.6 Å². The Hall–Kier alpha value is -1.55. The molecule has 0 radical (unpaired) electrons. The number of carbonyl (C=O) groups is 2. The van der Waals surface area contributed by atoms with Gasteiger partial charge < -0.3 is 10.6 Å². The lowest BCUT2D eigenvalue weighted by Crippen LogP contribution is -2.25. The number of hydrogen-bond acceptors (Lipinski definition) is 2. The summed E-state index contributed by atoms with van der Waals surface area (Å²) in [7, 11) is 0. The fraction of sp³-hybridized carbons (Fsp3) is 0.529. The van der Waals surface area contributed by atoms with Gasteiger partial charge in [-0.1, -0.05) is 38.8 Å². The normalized spacial score (nSPS) is 10.6. The number of nitrogens with one attached hydrogen (secondary N) is 2. The van der Waals surface area contributed by atoms with Crippen molar-refractivity contribution in [1.82, 2.24) is 5.32 Å². The predicted molar refractivity (Wildman–Crippen MR) is 91.4 cm³/mol. The maximum Gasteiger partial charge on any atom is 0.251 e. The molecule has 5 heteroatoms. The Morgan fingerprint density at radius 2 is 2.00 bits per heavy atom. The number of halogens is 1. The van der Waals surface area contributed by atoms with Crippen molar-refractivity contribution >= 4 is 29.1 Å². The maximum absolute atomic E-state index is 12.1. The largest absolute Gasteiger partial charge is 0.352 e. The van der Waals surface area contributed by atoms with E-state index in [1.54, 1.807) is 18.2 Å². The number of carbonyl (C=O) groups excluding carboxylic acids is 2. The average molecular weight is 325 g/mol. The Morgan fingerprint density at radius 1 is 1.27 bits per heavy atom. The van der Waals surface area contributed by atoms with E-state index in [0.717, 1.165) is 19.3 Å². The van der Waals surface area contributed by atoms with Crippen LogP contribution in [0.3, 0.4) is 0 Å². The van der Waals surface area contributed by atoms with E-state index in [0.29, 0.717) is 35.2 Å². The molecule has 4 nitrogen and oxygen atoms in total. The zero-order chi connectivity index (χ0) is 16.5. The maximum atomic E-state index is 12.1. The molecule has 122 valence electrons. The van der Waals surface area contributed by atoms with Crippen molar-refractivity contribution in [2.75, 3.05) is 11.9 Å². The van der Waals surface area contributed by atoms with Crippen molar-refractivity contribution in [3.63, 3.8) is 0 Å². The van der Waals surface area contributed by atoms with Crippen LogP contribution >= 0.6 is 11.6 Å². The SMILES string of the molecule is CCCCC(=O)Nc1cc(C(=O)NCCC(C)C)ccc1Cl. The topological polar surface area (TPSA) is 58.2 Å². The first-order valence-electron chi connectivity index (χ1n) is 7.81. The third-order valence-electron chi connectivity index (χ3n) is 3.27. The molecule has 0 fully saturated rings. The molecule has 2 N–H and O–H groups in total. The Balaban J connectivity index is 2.68. The minimum Gasteiger partial charge on any atom is -0.352 e.